The van der Waals surface area contributed by atoms with Gasteiger partial charge in [-0.15, -0.1) is 11.3 Å². The van der Waals surface area contributed by atoms with Gasteiger partial charge in [-0.1, -0.05) is 24.6 Å². The van der Waals surface area contributed by atoms with E-state index in [1.165, 1.54) is 4.88 Å². The first-order valence-corrected chi connectivity index (χ1v) is 8.17. The van der Waals surface area contributed by atoms with Crippen LogP contribution >= 0.6 is 38.9 Å². The number of nitrogens with one attached hydrogen (secondary N) is 1. The maximum Gasteiger partial charge on any atom is 0.123 e. The highest BCUT2D eigenvalue weighted by Crippen LogP contribution is 2.34. The molecule has 1 aromatic heterocycles. The van der Waals surface area contributed by atoms with Crippen molar-refractivity contribution in [3.63, 3.8) is 0 Å². The van der Waals surface area contributed by atoms with Crippen LogP contribution in [0.5, 0.6) is 0 Å². The van der Waals surface area contributed by atoms with E-state index < -0.39 is 0 Å². The molecular weight excluding hydrogens is 344 g/mol. The Morgan fingerprint density at radius 1 is 1.47 bits per heavy atom. The summed E-state index contributed by atoms with van der Waals surface area (Å²) in [5.74, 6) is 0. The molecule has 0 saturated heterocycles. The molecule has 0 saturated carbocycles. The largest absolute Gasteiger partial charge is 0.310 e. The van der Waals surface area contributed by atoms with Crippen LogP contribution in [0, 0.1) is 6.92 Å². The number of hydrogen-bond acceptors (Lipinski definition) is 3. The first-order valence-electron chi connectivity index (χ1n) is 6.19. The Labute approximate surface area is 131 Å². The Kier molecular flexibility index (Phi) is 5.01. The molecule has 0 radical (unpaired) electrons. The van der Waals surface area contributed by atoms with Gasteiger partial charge in [-0.25, -0.2) is 4.98 Å². The molecule has 2 nitrogen and oxygen atoms in total. The van der Waals surface area contributed by atoms with E-state index >= 15 is 0 Å². The molecule has 1 aromatic carbocycles. The van der Waals surface area contributed by atoms with E-state index in [4.69, 9.17) is 11.6 Å². The fourth-order valence-electron chi connectivity index (χ4n) is 1.96. The minimum Gasteiger partial charge on any atom is -0.310 e. The predicted molar refractivity (Wildman–Crippen MR) is 87.1 cm³/mol. The minimum absolute atomic E-state index is 0.340. The van der Waals surface area contributed by atoms with Crippen molar-refractivity contribution < 1.29 is 0 Å². The van der Waals surface area contributed by atoms with E-state index in [0.29, 0.717) is 6.04 Å². The third-order valence-corrected chi connectivity index (χ3v) is 5.51. The van der Waals surface area contributed by atoms with Crippen molar-refractivity contribution in [2.45, 2.75) is 26.8 Å². The molecule has 2 aromatic rings. The molecule has 1 heterocycles. The van der Waals surface area contributed by atoms with E-state index in [-0.39, 0.29) is 0 Å². The summed E-state index contributed by atoms with van der Waals surface area (Å²) in [5, 5.41) is 5.19. The van der Waals surface area contributed by atoms with Crippen LogP contribution in [0.4, 0.5) is 0 Å². The van der Waals surface area contributed by atoms with Gasteiger partial charge in [0.25, 0.3) is 0 Å². The van der Waals surface area contributed by atoms with E-state index in [1.807, 2.05) is 18.2 Å². The smallest absolute Gasteiger partial charge is 0.123 e. The standard InChI is InChI=1S/C14H16BrClN2S/c1-4-17-8(2)13-9(3)18-14(19-13)10-5-6-12(16)11(15)7-10/h5-8,17H,4H2,1-3H3. The number of hydrogen-bond donors (Lipinski definition) is 1. The van der Waals surface area contributed by atoms with E-state index in [1.54, 1.807) is 11.3 Å². The third kappa shape index (κ3) is 3.37. The second-order valence-corrected chi connectivity index (χ2v) is 6.67. The molecule has 0 spiro atoms. The second-order valence-electron chi connectivity index (χ2n) is 4.38. The van der Waals surface area contributed by atoms with Crippen molar-refractivity contribution in [2.24, 2.45) is 0 Å². The average Bonchev–Trinajstić information content (AvgIpc) is 2.75. The molecule has 0 amide bonds. The Hall–Kier alpha value is -0.420. The average molecular weight is 360 g/mol. The first kappa shape index (κ1) is 15.0. The molecule has 0 aliphatic heterocycles. The lowest BCUT2D eigenvalue weighted by Gasteiger charge is -2.09. The molecule has 0 aliphatic carbocycles. The molecular formula is C14H16BrClN2S. The van der Waals surface area contributed by atoms with Crippen LogP contribution in [0.15, 0.2) is 22.7 Å². The number of halogens is 2. The predicted octanol–water partition coefficient (Wildman–Crippen LogP) is 5.20. The highest BCUT2D eigenvalue weighted by Gasteiger charge is 2.14. The lowest BCUT2D eigenvalue weighted by Crippen LogP contribution is -2.17. The third-order valence-electron chi connectivity index (χ3n) is 2.90. The number of aromatic nitrogens is 1. The fourth-order valence-corrected chi connectivity index (χ4v) is 3.55. The summed E-state index contributed by atoms with van der Waals surface area (Å²) in [6.07, 6.45) is 0. The van der Waals surface area contributed by atoms with Gasteiger partial charge in [0.1, 0.15) is 5.01 Å². The Bertz CT molecular complexity index is 583. The topological polar surface area (TPSA) is 24.9 Å². The zero-order valence-electron chi connectivity index (χ0n) is 11.1. The minimum atomic E-state index is 0.340. The van der Waals surface area contributed by atoms with Gasteiger partial charge in [-0.3, -0.25) is 0 Å². The Balaban J connectivity index is 2.36. The summed E-state index contributed by atoms with van der Waals surface area (Å²) in [5.41, 5.74) is 2.19. The number of nitrogens with zero attached hydrogens (tertiary/aromatic N) is 1. The maximum atomic E-state index is 6.02. The number of benzene rings is 1. The van der Waals surface area contributed by atoms with Crippen molar-refractivity contribution in [3.8, 4) is 10.6 Å². The van der Waals surface area contributed by atoms with Gasteiger partial charge in [-0.2, -0.15) is 0 Å². The second kappa shape index (κ2) is 6.35. The van der Waals surface area contributed by atoms with Crippen molar-refractivity contribution >= 4 is 38.9 Å². The molecule has 2 rings (SSSR count). The van der Waals surface area contributed by atoms with Gasteiger partial charge in [0.15, 0.2) is 0 Å². The lowest BCUT2D eigenvalue weighted by atomic mass is 10.2. The normalized spacial score (nSPS) is 12.7. The van der Waals surface area contributed by atoms with E-state index in [2.05, 4.69) is 47.0 Å². The van der Waals surface area contributed by atoms with Crippen molar-refractivity contribution in [2.75, 3.05) is 6.54 Å². The molecule has 1 atom stereocenters. The highest BCUT2D eigenvalue weighted by molar-refractivity contribution is 9.10. The number of aryl methyl sites for hydroxylation is 1. The van der Waals surface area contributed by atoms with Crippen LogP contribution in [0.1, 0.15) is 30.5 Å². The SMILES string of the molecule is CCNC(C)c1sc(-c2ccc(Cl)c(Br)c2)nc1C. The van der Waals surface area contributed by atoms with Crippen molar-refractivity contribution in [3.05, 3.63) is 38.3 Å². The molecule has 0 aliphatic rings. The zero-order chi connectivity index (χ0) is 14.0. The highest BCUT2D eigenvalue weighted by atomic mass is 79.9. The Morgan fingerprint density at radius 3 is 2.84 bits per heavy atom. The molecule has 1 unspecified atom stereocenters. The fraction of sp³-hybridized carbons (Fsp3) is 0.357. The lowest BCUT2D eigenvalue weighted by molar-refractivity contribution is 0.603. The van der Waals surface area contributed by atoms with Gasteiger partial charge >= 0.3 is 0 Å². The molecule has 19 heavy (non-hydrogen) atoms. The van der Waals surface area contributed by atoms with Gasteiger partial charge in [-0.05, 0) is 48.5 Å². The summed E-state index contributed by atoms with van der Waals surface area (Å²) in [4.78, 5) is 5.96. The molecule has 0 fully saturated rings. The molecule has 5 heteroatoms. The molecule has 102 valence electrons. The van der Waals surface area contributed by atoms with Crippen molar-refractivity contribution in [1.29, 1.82) is 0 Å². The summed E-state index contributed by atoms with van der Waals surface area (Å²) < 4.78 is 0.904. The summed E-state index contributed by atoms with van der Waals surface area (Å²) >= 11 is 11.2. The van der Waals surface area contributed by atoms with Crippen LogP contribution in [0.3, 0.4) is 0 Å². The van der Waals surface area contributed by atoms with E-state index in [0.717, 1.165) is 32.3 Å². The zero-order valence-corrected chi connectivity index (χ0v) is 14.3. The number of thiazole rings is 1. The summed E-state index contributed by atoms with van der Waals surface area (Å²) in [6, 6.07) is 6.26. The van der Waals surface area contributed by atoms with Crippen LogP contribution in [-0.4, -0.2) is 11.5 Å². The quantitative estimate of drug-likeness (QED) is 0.811. The molecule has 1 N–H and O–H groups in total. The van der Waals surface area contributed by atoms with Gasteiger partial charge in [0, 0.05) is 21.0 Å². The summed E-state index contributed by atoms with van der Waals surface area (Å²) in [7, 11) is 0. The molecule has 0 bridgehead atoms. The van der Waals surface area contributed by atoms with Crippen LogP contribution in [-0.2, 0) is 0 Å². The van der Waals surface area contributed by atoms with Crippen molar-refractivity contribution in [1.82, 2.24) is 10.3 Å². The summed E-state index contributed by atoms with van der Waals surface area (Å²) in [6.45, 7) is 7.31. The van der Waals surface area contributed by atoms with Gasteiger partial charge in [0.05, 0.1) is 10.7 Å². The Morgan fingerprint density at radius 2 is 2.21 bits per heavy atom. The van der Waals surface area contributed by atoms with Gasteiger partial charge in [0.2, 0.25) is 0 Å². The van der Waals surface area contributed by atoms with E-state index in [9.17, 15) is 0 Å². The number of rotatable bonds is 4. The maximum absolute atomic E-state index is 6.02. The first-order chi connectivity index (χ1) is 9.02. The van der Waals surface area contributed by atoms with Crippen LogP contribution in [0.25, 0.3) is 10.6 Å². The van der Waals surface area contributed by atoms with Crippen LogP contribution < -0.4 is 5.32 Å². The monoisotopic (exact) mass is 358 g/mol. The van der Waals surface area contributed by atoms with Crippen LogP contribution in [0.2, 0.25) is 5.02 Å². The van der Waals surface area contributed by atoms with Gasteiger partial charge < -0.3 is 5.32 Å².